The summed E-state index contributed by atoms with van der Waals surface area (Å²) in [5.41, 5.74) is 7.25. The first-order chi connectivity index (χ1) is 14.6. The summed E-state index contributed by atoms with van der Waals surface area (Å²) < 4.78 is 1.96. The van der Waals surface area contributed by atoms with E-state index in [4.69, 9.17) is 5.73 Å². The van der Waals surface area contributed by atoms with E-state index in [-0.39, 0.29) is 17.2 Å². The molecule has 0 radical (unpaired) electrons. The summed E-state index contributed by atoms with van der Waals surface area (Å²) in [6.07, 6.45) is 3.37. The van der Waals surface area contributed by atoms with E-state index in [2.05, 4.69) is 34.2 Å². The van der Waals surface area contributed by atoms with Crippen LogP contribution in [0.3, 0.4) is 0 Å². The molecule has 0 saturated heterocycles. The zero-order valence-electron chi connectivity index (χ0n) is 16.5. The van der Waals surface area contributed by atoms with E-state index < -0.39 is 5.91 Å². The van der Waals surface area contributed by atoms with Gasteiger partial charge in [0.05, 0.1) is 17.0 Å². The molecule has 154 valence electrons. The van der Waals surface area contributed by atoms with Crippen molar-refractivity contribution in [1.29, 1.82) is 0 Å². The minimum absolute atomic E-state index is 0.126. The van der Waals surface area contributed by atoms with Gasteiger partial charge in [0.2, 0.25) is 5.91 Å². The van der Waals surface area contributed by atoms with Crippen LogP contribution in [0.1, 0.15) is 21.7 Å². The molecule has 0 saturated carbocycles. The lowest BCUT2D eigenvalue weighted by molar-refractivity contribution is -0.113. The normalized spacial score (nSPS) is 10.5. The molecule has 0 atom stereocenters. The zero-order valence-corrected chi connectivity index (χ0v) is 17.3. The number of allylic oxidation sites excluding steroid dienone is 1. The molecule has 3 aromatic rings. The Morgan fingerprint density at radius 1 is 1.07 bits per heavy atom. The lowest BCUT2D eigenvalue weighted by Crippen LogP contribution is -2.19. The highest BCUT2D eigenvalue weighted by Gasteiger charge is 2.15. The topological polar surface area (TPSA) is 103 Å². The van der Waals surface area contributed by atoms with E-state index in [0.717, 1.165) is 18.7 Å². The molecule has 30 heavy (non-hydrogen) atoms. The van der Waals surface area contributed by atoms with Crippen molar-refractivity contribution in [2.45, 2.75) is 24.5 Å². The average molecular weight is 422 g/mol. The highest BCUT2D eigenvalue weighted by atomic mass is 32.2. The second-order valence-electron chi connectivity index (χ2n) is 6.53. The Morgan fingerprint density at radius 3 is 2.53 bits per heavy atom. The summed E-state index contributed by atoms with van der Waals surface area (Å²) in [7, 11) is 0. The van der Waals surface area contributed by atoms with Gasteiger partial charge in [0.25, 0.3) is 5.91 Å². The molecule has 0 unspecified atom stereocenters. The van der Waals surface area contributed by atoms with E-state index in [0.29, 0.717) is 17.4 Å². The Hall–Kier alpha value is -3.39. The van der Waals surface area contributed by atoms with Crippen LogP contribution in [0.25, 0.3) is 0 Å². The molecule has 8 heteroatoms. The molecule has 0 aliphatic rings. The van der Waals surface area contributed by atoms with Crippen LogP contribution in [0.5, 0.6) is 0 Å². The lowest BCUT2D eigenvalue weighted by Gasteiger charge is -2.10. The monoisotopic (exact) mass is 421 g/mol. The van der Waals surface area contributed by atoms with Crippen LogP contribution < -0.4 is 11.1 Å². The fourth-order valence-corrected chi connectivity index (χ4v) is 3.71. The maximum atomic E-state index is 12.4. The van der Waals surface area contributed by atoms with Crippen molar-refractivity contribution in [3.05, 3.63) is 84.2 Å². The molecule has 3 N–H and O–H groups in total. The van der Waals surface area contributed by atoms with Gasteiger partial charge in [-0.3, -0.25) is 9.59 Å². The maximum absolute atomic E-state index is 12.4. The van der Waals surface area contributed by atoms with E-state index in [1.807, 2.05) is 22.8 Å². The summed E-state index contributed by atoms with van der Waals surface area (Å²) in [5, 5.41) is 11.9. The third kappa shape index (κ3) is 5.57. The number of hydrogen-bond donors (Lipinski definition) is 2. The van der Waals surface area contributed by atoms with Crippen LogP contribution in [-0.4, -0.2) is 32.3 Å². The number of carbonyl (C=O) groups excluding carboxylic acids is 2. The number of nitrogens with zero attached hydrogens (tertiary/aromatic N) is 3. The number of nitrogens with two attached hydrogens (primary N) is 1. The summed E-state index contributed by atoms with van der Waals surface area (Å²) >= 11 is 1.28. The van der Waals surface area contributed by atoms with Crippen molar-refractivity contribution in [1.82, 2.24) is 14.8 Å². The molecule has 0 spiro atoms. The number of amides is 2. The van der Waals surface area contributed by atoms with Crippen LogP contribution in [0.4, 0.5) is 5.69 Å². The Balaban J connectivity index is 1.63. The van der Waals surface area contributed by atoms with Crippen molar-refractivity contribution in [3.8, 4) is 0 Å². The fourth-order valence-electron chi connectivity index (χ4n) is 2.95. The second-order valence-corrected chi connectivity index (χ2v) is 7.47. The number of thioether (sulfide) groups is 1. The van der Waals surface area contributed by atoms with Gasteiger partial charge < -0.3 is 15.6 Å². The zero-order chi connectivity index (χ0) is 21.3. The van der Waals surface area contributed by atoms with E-state index >= 15 is 0 Å². The summed E-state index contributed by atoms with van der Waals surface area (Å²) in [6, 6.07) is 16.8. The maximum Gasteiger partial charge on any atom is 0.250 e. The molecule has 2 aromatic carbocycles. The highest BCUT2D eigenvalue weighted by molar-refractivity contribution is 7.99. The van der Waals surface area contributed by atoms with Gasteiger partial charge >= 0.3 is 0 Å². The van der Waals surface area contributed by atoms with Crippen LogP contribution in [0, 0.1) is 0 Å². The van der Waals surface area contributed by atoms with Crippen molar-refractivity contribution in [2.75, 3.05) is 11.1 Å². The van der Waals surface area contributed by atoms with Gasteiger partial charge in [0.1, 0.15) is 5.82 Å². The first-order valence-corrected chi connectivity index (χ1v) is 10.5. The van der Waals surface area contributed by atoms with Gasteiger partial charge in [-0.15, -0.1) is 16.8 Å². The molecule has 0 bridgehead atoms. The number of rotatable bonds is 10. The number of benzene rings is 2. The number of anilines is 1. The van der Waals surface area contributed by atoms with Crippen LogP contribution >= 0.6 is 11.8 Å². The fraction of sp³-hybridized carbons (Fsp3) is 0.182. The van der Waals surface area contributed by atoms with Gasteiger partial charge in [0, 0.05) is 13.0 Å². The van der Waals surface area contributed by atoms with Crippen molar-refractivity contribution in [3.63, 3.8) is 0 Å². The molecule has 7 nitrogen and oxygen atoms in total. The molecule has 1 heterocycles. The molecule has 2 amide bonds. The molecule has 0 fully saturated rings. The van der Waals surface area contributed by atoms with E-state index in [1.165, 1.54) is 17.3 Å². The smallest absolute Gasteiger partial charge is 0.250 e. The minimum atomic E-state index is -0.590. The number of primary amides is 1. The molecule has 1 aromatic heterocycles. The Morgan fingerprint density at radius 2 is 1.80 bits per heavy atom. The predicted octanol–water partition coefficient (Wildman–Crippen LogP) is 3.08. The minimum Gasteiger partial charge on any atom is -0.366 e. The first kappa shape index (κ1) is 21.3. The SMILES string of the molecule is C=CCn1c(CCc2ccccc2)nnc1SCC(=O)Nc1ccccc1C(N)=O. The van der Waals surface area contributed by atoms with Crippen molar-refractivity contribution < 1.29 is 9.59 Å². The third-order valence-corrected chi connectivity index (χ3v) is 5.35. The molecular formula is C22H23N5O2S. The van der Waals surface area contributed by atoms with Crippen LogP contribution in [0.2, 0.25) is 0 Å². The van der Waals surface area contributed by atoms with Crippen molar-refractivity contribution >= 4 is 29.3 Å². The number of aromatic nitrogens is 3. The van der Waals surface area contributed by atoms with Gasteiger partial charge in [-0.2, -0.15) is 0 Å². The summed E-state index contributed by atoms with van der Waals surface area (Å²) in [4.78, 5) is 23.9. The molecule has 3 rings (SSSR count). The highest BCUT2D eigenvalue weighted by Crippen LogP contribution is 2.20. The van der Waals surface area contributed by atoms with Crippen molar-refractivity contribution in [2.24, 2.45) is 5.73 Å². The predicted molar refractivity (Wildman–Crippen MR) is 118 cm³/mol. The second kappa shape index (κ2) is 10.4. The average Bonchev–Trinajstić information content (AvgIpc) is 3.13. The number of nitrogens with one attached hydrogen (secondary N) is 1. The summed E-state index contributed by atoms with van der Waals surface area (Å²) in [6.45, 7) is 4.37. The molecule has 0 aliphatic heterocycles. The lowest BCUT2D eigenvalue weighted by atomic mass is 10.1. The molecule has 0 aliphatic carbocycles. The summed E-state index contributed by atoms with van der Waals surface area (Å²) in [5.74, 6) is 0.127. The Kier molecular flexibility index (Phi) is 7.40. The first-order valence-electron chi connectivity index (χ1n) is 9.47. The number of aryl methyl sites for hydroxylation is 2. The standard InChI is InChI=1S/C22H23N5O2S/c1-2-14-27-19(13-12-16-8-4-3-5-9-16)25-26-22(27)30-15-20(28)24-18-11-7-6-10-17(18)21(23)29/h2-11H,1,12-15H2,(H2,23,29)(H,24,28). The van der Waals surface area contributed by atoms with Gasteiger partial charge in [-0.25, -0.2) is 0 Å². The quantitative estimate of drug-likeness (QED) is 0.387. The number of carbonyl (C=O) groups is 2. The molecular weight excluding hydrogens is 398 g/mol. The number of para-hydroxylation sites is 1. The number of hydrogen-bond acceptors (Lipinski definition) is 5. The van der Waals surface area contributed by atoms with Gasteiger partial charge in [0.15, 0.2) is 5.16 Å². The van der Waals surface area contributed by atoms with Crippen LogP contribution in [-0.2, 0) is 24.2 Å². The van der Waals surface area contributed by atoms with E-state index in [1.54, 1.807) is 30.3 Å². The van der Waals surface area contributed by atoms with Gasteiger partial charge in [-0.05, 0) is 24.1 Å². The Bertz CT molecular complexity index is 1030. The van der Waals surface area contributed by atoms with E-state index in [9.17, 15) is 9.59 Å². The third-order valence-electron chi connectivity index (χ3n) is 4.38. The van der Waals surface area contributed by atoms with Gasteiger partial charge in [-0.1, -0.05) is 60.3 Å². The Labute approximate surface area is 179 Å². The largest absolute Gasteiger partial charge is 0.366 e. The van der Waals surface area contributed by atoms with Crippen LogP contribution in [0.15, 0.2) is 72.4 Å².